The fourth-order valence-corrected chi connectivity index (χ4v) is 3.08. The molecule has 1 unspecified atom stereocenters. The molecule has 17 heavy (non-hydrogen) atoms. The Hall–Kier alpha value is -1.38. The van der Waals surface area contributed by atoms with Crippen molar-refractivity contribution in [3.63, 3.8) is 0 Å². The molecule has 2 atom stereocenters. The molecule has 0 amide bonds. The zero-order valence-corrected chi connectivity index (χ0v) is 10.4. The molecule has 1 saturated carbocycles. The van der Waals surface area contributed by atoms with E-state index in [2.05, 4.69) is 13.5 Å². The van der Waals surface area contributed by atoms with Crippen LogP contribution in [0.2, 0.25) is 0 Å². The topological polar surface area (TPSA) is 43.4 Å². The fraction of sp³-hybridized carbons (Fsp3) is 0.571. The summed E-state index contributed by atoms with van der Waals surface area (Å²) in [5.41, 5.74) is 1.86. The van der Waals surface area contributed by atoms with E-state index in [1.807, 2.05) is 6.92 Å². The van der Waals surface area contributed by atoms with Gasteiger partial charge in [0.15, 0.2) is 5.78 Å². The first kappa shape index (κ1) is 12.1. The monoisotopic (exact) mass is 234 g/mol. The van der Waals surface area contributed by atoms with E-state index in [0.717, 1.165) is 30.4 Å². The van der Waals surface area contributed by atoms with Crippen LogP contribution in [0, 0.1) is 5.41 Å². The summed E-state index contributed by atoms with van der Waals surface area (Å²) in [5.74, 6) is -0.187. The van der Waals surface area contributed by atoms with E-state index in [0.29, 0.717) is 6.42 Å². The maximum atomic E-state index is 11.9. The highest BCUT2D eigenvalue weighted by Crippen LogP contribution is 2.50. The second-order valence-corrected chi connectivity index (χ2v) is 5.21. The maximum absolute atomic E-state index is 11.9. The maximum Gasteiger partial charge on any atom is 0.330 e. The van der Waals surface area contributed by atoms with Gasteiger partial charge in [0.25, 0.3) is 0 Å². The number of Topliss-reactive ketones (excluding diaryl/α,β-unsaturated/α-hetero) is 1. The smallest absolute Gasteiger partial charge is 0.330 e. The number of allylic oxidation sites excluding steroid dienone is 1. The van der Waals surface area contributed by atoms with Crippen LogP contribution in [0.15, 0.2) is 23.8 Å². The predicted octanol–water partition coefficient (Wildman–Crippen LogP) is 2.56. The van der Waals surface area contributed by atoms with Gasteiger partial charge in [0.1, 0.15) is 6.10 Å². The molecule has 0 aromatic heterocycles. The van der Waals surface area contributed by atoms with Gasteiger partial charge < -0.3 is 4.74 Å². The van der Waals surface area contributed by atoms with Gasteiger partial charge in [0.05, 0.1) is 0 Å². The number of esters is 1. The van der Waals surface area contributed by atoms with Crippen LogP contribution in [0.3, 0.4) is 0 Å². The Bertz CT molecular complexity index is 419. The summed E-state index contributed by atoms with van der Waals surface area (Å²) < 4.78 is 5.29. The van der Waals surface area contributed by atoms with Crippen LogP contribution in [-0.4, -0.2) is 17.9 Å². The first-order valence-electron chi connectivity index (χ1n) is 6.05. The SMILES string of the molecule is C=CC(=O)OC1CC[C@]2(C)CCC(=O)C2=C1C. The van der Waals surface area contributed by atoms with Gasteiger partial charge in [-0.05, 0) is 37.2 Å². The average Bonchev–Trinajstić information content (AvgIpc) is 2.60. The number of hydrogen-bond acceptors (Lipinski definition) is 3. The van der Waals surface area contributed by atoms with Gasteiger partial charge in [0.2, 0.25) is 0 Å². The highest BCUT2D eigenvalue weighted by molar-refractivity contribution is 6.00. The summed E-state index contributed by atoms with van der Waals surface area (Å²) >= 11 is 0. The summed E-state index contributed by atoms with van der Waals surface area (Å²) in [6.07, 6.45) is 4.21. The van der Waals surface area contributed by atoms with E-state index in [4.69, 9.17) is 4.74 Å². The van der Waals surface area contributed by atoms with Crippen molar-refractivity contribution in [1.29, 1.82) is 0 Å². The molecular weight excluding hydrogens is 216 g/mol. The number of ketones is 1. The lowest BCUT2D eigenvalue weighted by molar-refractivity contribution is -0.142. The normalized spacial score (nSPS) is 32.4. The van der Waals surface area contributed by atoms with Gasteiger partial charge in [-0.25, -0.2) is 4.79 Å². The van der Waals surface area contributed by atoms with Crippen molar-refractivity contribution in [2.24, 2.45) is 5.41 Å². The van der Waals surface area contributed by atoms with E-state index >= 15 is 0 Å². The Morgan fingerprint density at radius 3 is 2.88 bits per heavy atom. The van der Waals surface area contributed by atoms with E-state index in [1.54, 1.807) is 0 Å². The summed E-state index contributed by atoms with van der Waals surface area (Å²) in [7, 11) is 0. The molecule has 0 aromatic rings. The second-order valence-electron chi connectivity index (χ2n) is 5.21. The van der Waals surface area contributed by atoms with E-state index in [-0.39, 0.29) is 17.3 Å². The third-order valence-corrected chi connectivity index (χ3v) is 4.05. The zero-order valence-electron chi connectivity index (χ0n) is 10.4. The number of rotatable bonds is 2. The minimum Gasteiger partial charge on any atom is -0.455 e. The van der Waals surface area contributed by atoms with Gasteiger partial charge >= 0.3 is 5.97 Å². The zero-order chi connectivity index (χ0) is 12.6. The Labute approximate surface area is 102 Å². The number of fused-ring (bicyclic) bond motifs is 1. The van der Waals surface area contributed by atoms with Crippen LogP contribution in [0.25, 0.3) is 0 Å². The standard InChI is InChI=1S/C14H18O3/c1-4-12(16)17-11-6-8-14(3)7-5-10(15)13(14)9(11)2/h4,11H,1,5-8H2,2-3H3/t11?,14-/m0/s1. The van der Waals surface area contributed by atoms with Crippen LogP contribution in [0.4, 0.5) is 0 Å². The molecule has 92 valence electrons. The first-order chi connectivity index (χ1) is 7.98. The van der Waals surface area contributed by atoms with Crippen molar-refractivity contribution < 1.29 is 14.3 Å². The van der Waals surface area contributed by atoms with Crippen molar-refractivity contribution >= 4 is 11.8 Å². The Balaban J connectivity index is 2.30. The molecular formula is C14H18O3. The molecule has 3 nitrogen and oxygen atoms in total. The quantitative estimate of drug-likeness (QED) is 0.545. The molecule has 0 aromatic carbocycles. The van der Waals surface area contributed by atoms with Gasteiger partial charge in [-0.15, -0.1) is 0 Å². The fourth-order valence-electron chi connectivity index (χ4n) is 3.08. The molecule has 2 aliphatic rings. The molecule has 0 heterocycles. The van der Waals surface area contributed by atoms with Gasteiger partial charge in [0, 0.05) is 18.1 Å². The summed E-state index contributed by atoms with van der Waals surface area (Å²) in [5, 5.41) is 0. The summed E-state index contributed by atoms with van der Waals surface area (Å²) in [4.78, 5) is 23.1. The molecule has 0 saturated heterocycles. The van der Waals surface area contributed by atoms with Crippen molar-refractivity contribution in [3.8, 4) is 0 Å². The molecule has 2 aliphatic carbocycles. The lowest BCUT2D eigenvalue weighted by Crippen LogP contribution is -2.31. The lowest BCUT2D eigenvalue weighted by atomic mass is 9.72. The van der Waals surface area contributed by atoms with Gasteiger partial charge in [-0.2, -0.15) is 0 Å². The number of carbonyl (C=O) groups is 2. The minimum absolute atomic E-state index is 0.0122. The number of ether oxygens (including phenoxy) is 1. The van der Waals surface area contributed by atoms with Crippen LogP contribution < -0.4 is 0 Å². The van der Waals surface area contributed by atoms with Crippen molar-refractivity contribution in [2.75, 3.05) is 0 Å². The van der Waals surface area contributed by atoms with Crippen molar-refractivity contribution in [3.05, 3.63) is 23.8 Å². The van der Waals surface area contributed by atoms with E-state index in [1.165, 1.54) is 6.08 Å². The molecule has 0 spiro atoms. The molecule has 2 rings (SSSR count). The second kappa shape index (κ2) is 4.13. The highest BCUT2D eigenvalue weighted by atomic mass is 16.5. The lowest BCUT2D eigenvalue weighted by Gasteiger charge is -2.35. The summed E-state index contributed by atoms with van der Waals surface area (Å²) in [6.45, 7) is 7.44. The third kappa shape index (κ3) is 1.94. The molecule has 0 bridgehead atoms. The van der Waals surface area contributed by atoms with Gasteiger partial charge in [-0.1, -0.05) is 13.5 Å². The molecule has 0 aliphatic heterocycles. The Morgan fingerprint density at radius 1 is 1.53 bits per heavy atom. The Kier molecular flexibility index (Phi) is 2.94. The predicted molar refractivity (Wildman–Crippen MR) is 64.4 cm³/mol. The third-order valence-electron chi connectivity index (χ3n) is 4.05. The highest BCUT2D eigenvalue weighted by Gasteiger charge is 2.45. The van der Waals surface area contributed by atoms with Crippen LogP contribution >= 0.6 is 0 Å². The number of carbonyl (C=O) groups excluding carboxylic acids is 2. The number of hydrogen-bond donors (Lipinski definition) is 0. The van der Waals surface area contributed by atoms with Crippen LogP contribution in [0.5, 0.6) is 0 Å². The minimum atomic E-state index is -0.413. The summed E-state index contributed by atoms with van der Waals surface area (Å²) in [6, 6.07) is 0. The van der Waals surface area contributed by atoms with Gasteiger partial charge in [-0.3, -0.25) is 4.79 Å². The van der Waals surface area contributed by atoms with Crippen LogP contribution in [-0.2, 0) is 14.3 Å². The molecule has 1 fully saturated rings. The molecule has 0 radical (unpaired) electrons. The van der Waals surface area contributed by atoms with E-state index in [9.17, 15) is 9.59 Å². The van der Waals surface area contributed by atoms with E-state index < -0.39 is 5.97 Å². The van der Waals surface area contributed by atoms with Crippen molar-refractivity contribution in [1.82, 2.24) is 0 Å². The Morgan fingerprint density at radius 2 is 2.24 bits per heavy atom. The van der Waals surface area contributed by atoms with Crippen LogP contribution in [0.1, 0.15) is 39.5 Å². The van der Waals surface area contributed by atoms with Crippen molar-refractivity contribution in [2.45, 2.75) is 45.6 Å². The largest absolute Gasteiger partial charge is 0.455 e. The first-order valence-corrected chi connectivity index (χ1v) is 6.05. The molecule has 3 heteroatoms. The molecule has 0 N–H and O–H groups in total. The average molecular weight is 234 g/mol.